The van der Waals surface area contributed by atoms with Crippen LogP contribution in [-0.4, -0.2) is 16.0 Å². The predicted octanol–water partition coefficient (Wildman–Crippen LogP) is 4.21. The zero-order chi connectivity index (χ0) is 12.7. The third kappa shape index (κ3) is 5.35. The fraction of sp³-hybridized carbons (Fsp3) is 0.692. The molecule has 96 valence electrons. The first kappa shape index (κ1) is 14.2. The summed E-state index contributed by atoms with van der Waals surface area (Å²) in [4.78, 5) is 8.15. The summed E-state index contributed by atoms with van der Waals surface area (Å²) in [7, 11) is 0. The summed E-state index contributed by atoms with van der Waals surface area (Å²) in [5.41, 5.74) is 1.04. The monoisotopic (exact) mass is 255 g/mol. The van der Waals surface area contributed by atoms with Crippen LogP contribution >= 0.6 is 11.6 Å². The molecular weight excluding hydrogens is 234 g/mol. The van der Waals surface area contributed by atoms with Crippen molar-refractivity contribution in [2.24, 2.45) is 0 Å². The van der Waals surface area contributed by atoms with E-state index in [-0.39, 0.29) is 0 Å². The van der Waals surface area contributed by atoms with E-state index in [1.807, 2.05) is 6.92 Å². The van der Waals surface area contributed by atoms with Crippen LogP contribution in [0, 0.1) is 6.92 Å². The van der Waals surface area contributed by atoms with Gasteiger partial charge in [0.1, 0.15) is 5.82 Å². The van der Waals surface area contributed by atoms with Gasteiger partial charge in [-0.3, -0.25) is 0 Å². The van der Waals surface area contributed by atoms with Crippen molar-refractivity contribution >= 4 is 17.4 Å². The maximum atomic E-state index is 5.78. The van der Waals surface area contributed by atoms with Gasteiger partial charge in [-0.2, -0.15) is 0 Å². The molecule has 1 aromatic heterocycles. The Kier molecular flexibility index (Phi) is 6.27. The summed E-state index contributed by atoms with van der Waals surface area (Å²) >= 11 is 5.78. The first-order valence-corrected chi connectivity index (χ1v) is 6.77. The van der Waals surface area contributed by atoms with Gasteiger partial charge in [0.25, 0.3) is 0 Å². The maximum Gasteiger partial charge on any atom is 0.224 e. The smallest absolute Gasteiger partial charge is 0.224 e. The fourth-order valence-corrected chi connectivity index (χ4v) is 1.88. The zero-order valence-electron chi connectivity index (χ0n) is 11.0. The summed E-state index contributed by atoms with van der Waals surface area (Å²) in [6.07, 6.45) is 8.10. The minimum absolute atomic E-state index is 0.302. The lowest BCUT2D eigenvalue weighted by Crippen LogP contribution is -2.17. The molecule has 0 saturated carbocycles. The summed E-state index contributed by atoms with van der Waals surface area (Å²) in [6, 6.07) is 0.427. The van der Waals surface area contributed by atoms with Gasteiger partial charge in [-0.15, -0.1) is 0 Å². The van der Waals surface area contributed by atoms with Crippen molar-refractivity contribution in [3.8, 4) is 0 Å². The Bertz CT molecular complexity index is 341. The second kappa shape index (κ2) is 7.49. The van der Waals surface area contributed by atoms with Crippen LogP contribution in [0.15, 0.2) is 6.20 Å². The van der Waals surface area contributed by atoms with Gasteiger partial charge in [-0.1, -0.05) is 32.6 Å². The molecule has 0 aliphatic carbocycles. The highest BCUT2D eigenvalue weighted by Gasteiger charge is 2.06. The molecule has 3 nitrogen and oxygen atoms in total. The number of hydrogen-bond acceptors (Lipinski definition) is 3. The molecule has 0 aliphatic heterocycles. The Morgan fingerprint density at radius 3 is 2.82 bits per heavy atom. The van der Waals surface area contributed by atoms with Crippen LogP contribution in [0.5, 0.6) is 0 Å². The zero-order valence-corrected chi connectivity index (χ0v) is 11.7. The molecule has 1 aromatic rings. The number of halogens is 1. The number of aromatic nitrogens is 2. The minimum atomic E-state index is 0.302. The second-order valence-corrected chi connectivity index (χ2v) is 4.90. The van der Waals surface area contributed by atoms with E-state index in [4.69, 9.17) is 11.6 Å². The third-order valence-corrected chi connectivity index (χ3v) is 3.00. The normalized spacial score (nSPS) is 12.5. The highest BCUT2D eigenvalue weighted by molar-refractivity contribution is 6.28. The molecule has 1 N–H and O–H groups in total. The number of unbranched alkanes of at least 4 members (excludes halogenated alkanes) is 3. The van der Waals surface area contributed by atoms with Crippen molar-refractivity contribution in [1.29, 1.82) is 0 Å². The maximum absolute atomic E-state index is 5.78. The van der Waals surface area contributed by atoms with Crippen molar-refractivity contribution in [3.63, 3.8) is 0 Å². The summed E-state index contributed by atoms with van der Waals surface area (Å²) < 4.78 is 0. The number of rotatable bonds is 7. The lowest BCUT2D eigenvalue weighted by Gasteiger charge is -2.15. The molecule has 0 spiro atoms. The number of hydrogen-bond donors (Lipinski definition) is 1. The largest absolute Gasteiger partial charge is 0.367 e. The summed E-state index contributed by atoms with van der Waals surface area (Å²) in [6.45, 7) is 6.40. The van der Waals surface area contributed by atoms with Gasteiger partial charge in [-0.05, 0) is 31.9 Å². The van der Waals surface area contributed by atoms with Crippen LogP contribution in [0.25, 0.3) is 0 Å². The van der Waals surface area contributed by atoms with Gasteiger partial charge in [0.2, 0.25) is 5.28 Å². The van der Waals surface area contributed by atoms with Crippen molar-refractivity contribution in [3.05, 3.63) is 17.0 Å². The van der Waals surface area contributed by atoms with Gasteiger partial charge < -0.3 is 5.32 Å². The molecule has 0 aromatic carbocycles. The first-order chi connectivity index (χ1) is 8.13. The Hall–Kier alpha value is -0.830. The summed E-state index contributed by atoms with van der Waals surface area (Å²) in [5, 5.41) is 3.69. The SMILES string of the molecule is CCCCCCC(C)Nc1nc(Cl)ncc1C. The number of nitrogens with zero attached hydrogens (tertiary/aromatic N) is 2. The van der Waals surface area contributed by atoms with Gasteiger partial charge in [-0.25, -0.2) is 9.97 Å². The van der Waals surface area contributed by atoms with Crippen molar-refractivity contribution in [1.82, 2.24) is 9.97 Å². The molecule has 0 saturated heterocycles. The Morgan fingerprint density at radius 2 is 2.12 bits per heavy atom. The molecule has 1 rings (SSSR count). The highest BCUT2D eigenvalue weighted by Crippen LogP contribution is 2.15. The quantitative estimate of drug-likeness (QED) is 0.586. The van der Waals surface area contributed by atoms with E-state index < -0.39 is 0 Å². The summed E-state index contributed by atoms with van der Waals surface area (Å²) in [5.74, 6) is 0.855. The standard InChI is InChI=1S/C13H22ClN3/c1-4-5-6-7-8-11(3)16-12-10(2)9-15-13(14)17-12/h9,11H,4-8H2,1-3H3,(H,15,16,17). The van der Waals surface area contributed by atoms with Crippen LogP contribution in [0.3, 0.4) is 0 Å². The molecule has 0 amide bonds. The first-order valence-electron chi connectivity index (χ1n) is 6.39. The molecule has 1 unspecified atom stereocenters. The average molecular weight is 256 g/mol. The number of aryl methyl sites for hydroxylation is 1. The predicted molar refractivity (Wildman–Crippen MR) is 73.6 cm³/mol. The molecule has 17 heavy (non-hydrogen) atoms. The van der Waals surface area contributed by atoms with Gasteiger partial charge >= 0.3 is 0 Å². The van der Waals surface area contributed by atoms with E-state index in [1.165, 1.54) is 32.1 Å². The molecule has 0 aliphatic rings. The van der Waals surface area contributed by atoms with E-state index in [1.54, 1.807) is 6.20 Å². The lowest BCUT2D eigenvalue weighted by atomic mass is 10.1. The fourth-order valence-electron chi connectivity index (χ4n) is 1.75. The van der Waals surface area contributed by atoms with E-state index in [0.717, 1.165) is 11.4 Å². The molecular formula is C13H22ClN3. The van der Waals surface area contributed by atoms with Crippen LogP contribution < -0.4 is 5.32 Å². The lowest BCUT2D eigenvalue weighted by molar-refractivity contribution is 0.592. The topological polar surface area (TPSA) is 37.8 Å². The second-order valence-electron chi connectivity index (χ2n) is 4.57. The van der Waals surface area contributed by atoms with E-state index in [2.05, 4.69) is 29.1 Å². The minimum Gasteiger partial charge on any atom is -0.367 e. The van der Waals surface area contributed by atoms with Crippen LogP contribution in [0.4, 0.5) is 5.82 Å². The van der Waals surface area contributed by atoms with E-state index >= 15 is 0 Å². The Morgan fingerprint density at radius 1 is 1.35 bits per heavy atom. The van der Waals surface area contributed by atoms with Gasteiger partial charge in [0.15, 0.2) is 0 Å². The molecule has 1 atom stereocenters. The highest BCUT2D eigenvalue weighted by atomic mass is 35.5. The van der Waals surface area contributed by atoms with E-state index in [9.17, 15) is 0 Å². The molecule has 0 bridgehead atoms. The Balaban J connectivity index is 2.39. The molecule has 1 heterocycles. The molecule has 0 fully saturated rings. The molecule has 0 radical (unpaired) electrons. The van der Waals surface area contributed by atoms with E-state index in [0.29, 0.717) is 11.3 Å². The Labute approximate surface area is 109 Å². The molecule has 4 heteroatoms. The van der Waals surface area contributed by atoms with Gasteiger partial charge in [0, 0.05) is 17.8 Å². The van der Waals surface area contributed by atoms with Crippen molar-refractivity contribution in [2.45, 2.75) is 58.9 Å². The van der Waals surface area contributed by atoms with Crippen molar-refractivity contribution < 1.29 is 0 Å². The number of anilines is 1. The van der Waals surface area contributed by atoms with Crippen LogP contribution in [0.2, 0.25) is 5.28 Å². The average Bonchev–Trinajstić information content (AvgIpc) is 2.29. The van der Waals surface area contributed by atoms with Crippen molar-refractivity contribution in [2.75, 3.05) is 5.32 Å². The number of nitrogens with one attached hydrogen (secondary N) is 1. The van der Waals surface area contributed by atoms with Crippen LogP contribution in [-0.2, 0) is 0 Å². The third-order valence-electron chi connectivity index (χ3n) is 2.82. The van der Waals surface area contributed by atoms with Crippen LogP contribution in [0.1, 0.15) is 51.5 Å². The van der Waals surface area contributed by atoms with Gasteiger partial charge in [0.05, 0.1) is 0 Å².